The van der Waals surface area contributed by atoms with Crippen molar-refractivity contribution in [1.29, 1.82) is 0 Å². The summed E-state index contributed by atoms with van der Waals surface area (Å²) in [5.41, 5.74) is 0. The average molecular weight is 200 g/mol. The van der Waals surface area contributed by atoms with Gasteiger partial charge in [-0.05, 0) is 0 Å². The first-order valence-electron chi connectivity index (χ1n) is 3.57. The summed E-state index contributed by atoms with van der Waals surface area (Å²) in [7, 11) is 0. The first-order valence-corrected chi connectivity index (χ1v) is 3.57. The molecule has 2 heterocycles. The number of hydrogen-bond acceptors (Lipinski definition) is 3. The smallest absolute Gasteiger partial charge is 0.255 e. The Kier molecular flexibility index (Phi) is 1.91. The van der Waals surface area contributed by atoms with Crippen LogP contribution in [0.25, 0.3) is 11.6 Å². The fourth-order valence-electron chi connectivity index (χ4n) is 0.888. The van der Waals surface area contributed by atoms with Crippen molar-refractivity contribution in [2.45, 2.75) is 0 Å². The molecule has 14 heavy (non-hydrogen) atoms. The van der Waals surface area contributed by atoms with E-state index in [-0.39, 0.29) is 11.6 Å². The van der Waals surface area contributed by atoms with Crippen LogP contribution in [0.4, 0.5) is 13.2 Å². The summed E-state index contributed by atoms with van der Waals surface area (Å²) in [5, 5.41) is 0. The van der Waals surface area contributed by atoms with Gasteiger partial charge in [0.05, 0.1) is 0 Å². The summed E-state index contributed by atoms with van der Waals surface area (Å²) in [6.45, 7) is 0. The third-order valence-electron chi connectivity index (χ3n) is 1.48. The van der Waals surface area contributed by atoms with E-state index < -0.39 is 17.7 Å². The van der Waals surface area contributed by atoms with Crippen LogP contribution in [0.15, 0.2) is 12.4 Å². The zero-order valence-corrected chi connectivity index (χ0v) is 6.63. The molecule has 2 rings (SSSR count). The average Bonchev–Trinajstić information content (AvgIpc) is 2.66. The van der Waals surface area contributed by atoms with E-state index in [0.717, 1.165) is 0 Å². The van der Waals surface area contributed by atoms with Gasteiger partial charge in [0.25, 0.3) is 11.9 Å². The number of halogens is 3. The van der Waals surface area contributed by atoms with E-state index in [1.54, 1.807) is 0 Å². The Bertz CT molecular complexity index is 431. The highest BCUT2D eigenvalue weighted by Crippen LogP contribution is 2.12. The number of imidazole rings is 1. The number of nitrogens with zero attached hydrogens (tertiary/aromatic N) is 3. The van der Waals surface area contributed by atoms with E-state index in [0.29, 0.717) is 0 Å². The van der Waals surface area contributed by atoms with Crippen LogP contribution in [0, 0.1) is 17.7 Å². The summed E-state index contributed by atoms with van der Waals surface area (Å²) in [5.74, 6) is -5.03. The number of aromatic amines is 1. The monoisotopic (exact) mass is 200 g/mol. The van der Waals surface area contributed by atoms with Crippen molar-refractivity contribution in [2.24, 2.45) is 0 Å². The molecule has 2 aromatic rings. The lowest BCUT2D eigenvalue weighted by atomic mass is 10.5. The van der Waals surface area contributed by atoms with Crippen LogP contribution >= 0.6 is 0 Å². The predicted octanol–water partition coefficient (Wildman–Crippen LogP) is 1.28. The molecule has 0 atom stereocenters. The highest BCUT2D eigenvalue weighted by molar-refractivity contribution is 5.41. The third kappa shape index (κ3) is 1.32. The van der Waals surface area contributed by atoms with Gasteiger partial charge in [0.15, 0.2) is 5.82 Å². The molecule has 0 saturated carbocycles. The minimum atomic E-state index is -1.69. The van der Waals surface area contributed by atoms with E-state index >= 15 is 0 Å². The molecule has 0 bridgehead atoms. The van der Waals surface area contributed by atoms with Gasteiger partial charge in [-0.2, -0.15) is 23.1 Å². The molecule has 72 valence electrons. The van der Waals surface area contributed by atoms with Crippen LogP contribution in [-0.2, 0) is 0 Å². The molecule has 0 aliphatic carbocycles. The molecular weight excluding hydrogens is 197 g/mol. The SMILES string of the molecule is Fc1nc(-c2ncc[nH]2)nc(F)c1F. The van der Waals surface area contributed by atoms with Crippen molar-refractivity contribution >= 4 is 0 Å². The lowest BCUT2D eigenvalue weighted by Crippen LogP contribution is -2.02. The summed E-state index contributed by atoms with van der Waals surface area (Å²) >= 11 is 0. The van der Waals surface area contributed by atoms with Crippen molar-refractivity contribution in [1.82, 2.24) is 19.9 Å². The fourth-order valence-corrected chi connectivity index (χ4v) is 0.888. The van der Waals surface area contributed by atoms with Gasteiger partial charge in [0.2, 0.25) is 11.6 Å². The predicted molar refractivity (Wildman–Crippen MR) is 39.5 cm³/mol. The van der Waals surface area contributed by atoms with E-state index in [2.05, 4.69) is 19.9 Å². The zero-order valence-electron chi connectivity index (χ0n) is 6.63. The van der Waals surface area contributed by atoms with Crippen LogP contribution in [0.3, 0.4) is 0 Å². The van der Waals surface area contributed by atoms with Crippen molar-refractivity contribution in [3.8, 4) is 11.6 Å². The maximum Gasteiger partial charge on any atom is 0.255 e. The fraction of sp³-hybridized carbons (Fsp3) is 0. The number of nitrogens with one attached hydrogen (secondary N) is 1. The second kappa shape index (κ2) is 3.09. The normalized spacial score (nSPS) is 10.5. The molecule has 7 heteroatoms. The van der Waals surface area contributed by atoms with Gasteiger partial charge in [-0.25, -0.2) is 4.98 Å². The molecule has 0 radical (unpaired) electrons. The van der Waals surface area contributed by atoms with Crippen molar-refractivity contribution < 1.29 is 13.2 Å². The van der Waals surface area contributed by atoms with Crippen LogP contribution in [0.5, 0.6) is 0 Å². The Morgan fingerprint density at radius 3 is 2.21 bits per heavy atom. The van der Waals surface area contributed by atoms with E-state index in [9.17, 15) is 13.2 Å². The van der Waals surface area contributed by atoms with Crippen LogP contribution in [-0.4, -0.2) is 19.9 Å². The second-order valence-corrected chi connectivity index (χ2v) is 2.38. The quantitative estimate of drug-likeness (QED) is 0.705. The Morgan fingerprint density at radius 2 is 1.71 bits per heavy atom. The summed E-state index contributed by atoms with van der Waals surface area (Å²) < 4.78 is 37.7. The van der Waals surface area contributed by atoms with Crippen molar-refractivity contribution in [2.75, 3.05) is 0 Å². The molecule has 4 nitrogen and oxygen atoms in total. The van der Waals surface area contributed by atoms with Gasteiger partial charge in [-0.15, -0.1) is 0 Å². The maximum absolute atomic E-state index is 12.6. The minimum Gasteiger partial charge on any atom is -0.342 e. The molecule has 0 fully saturated rings. The molecule has 0 aromatic carbocycles. The maximum atomic E-state index is 12.6. The number of aromatic nitrogens is 4. The third-order valence-corrected chi connectivity index (χ3v) is 1.48. The lowest BCUT2D eigenvalue weighted by Gasteiger charge is -1.97. The molecule has 0 amide bonds. The lowest BCUT2D eigenvalue weighted by molar-refractivity contribution is 0.408. The Morgan fingerprint density at radius 1 is 1.07 bits per heavy atom. The van der Waals surface area contributed by atoms with Crippen molar-refractivity contribution in [3.05, 3.63) is 30.1 Å². The molecule has 0 spiro atoms. The Balaban J connectivity index is 2.57. The number of H-pyrrole nitrogens is 1. The Labute approximate surface area is 75.9 Å². The van der Waals surface area contributed by atoms with Gasteiger partial charge in [-0.1, -0.05) is 0 Å². The topological polar surface area (TPSA) is 54.5 Å². The highest BCUT2D eigenvalue weighted by atomic mass is 19.2. The standard InChI is InChI=1S/C7H3F3N4/c8-3-4(9)13-7(14-5(3)10)6-11-1-2-12-6/h1-2H,(H,11,12). The van der Waals surface area contributed by atoms with Gasteiger partial charge in [0.1, 0.15) is 0 Å². The van der Waals surface area contributed by atoms with E-state index in [1.807, 2.05) is 0 Å². The van der Waals surface area contributed by atoms with Crippen LogP contribution in [0.2, 0.25) is 0 Å². The zero-order chi connectivity index (χ0) is 10.1. The summed E-state index contributed by atoms with van der Waals surface area (Å²) in [6, 6.07) is 0. The first-order chi connectivity index (χ1) is 6.68. The molecule has 0 aliphatic rings. The molecule has 1 N–H and O–H groups in total. The van der Waals surface area contributed by atoms with Gasteiger partial charge >= 0.3 is 0 Å². The Hall–Kier alpha value is -1.92. The molecule has 0 aliphatic heterocycles. The number of hydrogen-bond donors (Lipinski definition) is 1. The molecular formula is C7H3F3N4. The minimum absolute atomic E-state index is 0.0720. The van der Waals surface area contributed by atoms with Gasteiger partial charge < -0.3 is 4.98 Å². The molecule has 2 aromatic heterocycles. The highest BCUT2D eigenvalue weighted by Gasteiger charge is 2.15. The van der Waals surface area contributed by atoms with Crippen molar-refractivity contribution in [3.63, 3.8) is 0 Å². The van der Waals surface area contributed by atoms with Gasteiger partial charge in [-0.3, -0.25) is 0 Å². The largest absolute Gasteiger partial charge is 0.342 e. The summed E-state index contributed by atoms with van der Waals surface area (Å²) in [4.78, 5) is 12.4. The van der Waals surface area contributed by atoms with Gasteiger partial charge in [0, 0.05) is 12.4 Å². The van der Waals surface area contributed by atoms with E-state index in [1.165, 1.54) is 12.4 Å². The summed E-state index contributed by atoms with van der Waals surface area (Å²) in [6.07, 6.45) is 2.79. The molecule has 0 saturated heterocycles. The van der Waals surface area contributed by atoms with E-state index in [4.69, 9.17) is 0 Å². The van der Waals surface area contributed by atoms with Crippen LogP contribution < -0.4 is 0 Å². The number of rotatable bonds is 1. The second-order valence-electron chi connectivity index (χ2n) is 2.38. The van der Waals surface area contributed by atoms with Crippen LogP contribution in [0.1, 0.15) is 0 Å². The first kappa shape index (κ1) is 8.67. The molecule has 0 unspecified atom stereocenters.